The van der Waals surface area contributed by atoms with E-state index in [2.05, 4.69) is 31.3 Å². The second-order valence-electron chi connectivity index (χ2n) is 7.09. The Morgan fingerprint density at radius 1 is 1.10 bits per heavy atom. The lowest BCUT2D eigenvalue weighted by Gasteiger charge is -2.23. The minimum atomic E-state index is -0.423. The van der Waals surface area contributed by atoms with E-state index in [1.54, 1.807) is 37.3 Å². The van der Waals surface area contributed by atoms with Gasteiger partial charge < -0.3 is 19.7 Å². The molecule has 3 rings (SSSR count). The summed E-state index contributed by atoms with van der Waals surface area (Å²) in [5.41, 5.74) is 3.77. The molecule has 6 heteroatoms. The second kappa shape index (κ2) is 8.99. The van der Waals surface area contributed by atoms with Gasteiger partial charge in [-0.3, -0.25) is 9.59 Å². The Morgan fingerprint density at radius 3 is 2.38 bits per heavy atom. The first kappa shape index (κ1) is 20.7. The fraction of sp³-hybridized carbons (Fsp3) is 0.391. The molecule has 1 fully saturated rings. The van der Waals surface area contributed by atoms with Gasteiger partial charge in [0.05, 0.1) is 25.8 Å². The highest BCUT2D eigenvalue weighted by atomic mass is 16.5. The van der Waals surface area contributed by atoms with Gasteiger partial charge >= 0.3 is 0 Å². The lowest BCUT2D eigenvalue weighted by Crippen LogP contribution is -2.29. The maximum Gasteiger partial charge on any atom is 0.229 e. The van der Waals surface area contributed by atoms with Crippen molar-refractivity contribution in [2.45, 2.75) is 33.1 Å². The highest BCUT2D eigenvalue weighted by Gasteiger charge is 2.36. The van der Waals surface area contributed by atoms with E-state index in [4.69, 9.17) is 9.47 Å². The van der Waals surface area contributed by atoms with Crippen LogP contribution in [-0.4, -0.2) is 32.6 Å². The van der Waals surface area contributed by atoms with E-state index in [0.29, 0.717) is 23.7 Å². The Morgan fingerprint density at radius 2 is 1.79 bits per heavy atom. The average molecular weight is 396 g/mol. The van der Waals surface area contributed by atoms with Crippen molar-refractivity contribution in [1.82, 2.24) is 0 Å². The Labute approximate surface area is 171 Å². The molecule has 29 heavy (non-hydrogen) atoms. The topological polar surface area (TPSA) is 67.9 Å². The molecule has 1 N–H and O–H groups in total. The number of amides is 2. The molecule has 154 valence electrons. The smallest absolute Gasteiger partial charge is 0.229 e. The van der Waals surface area contributed by atoms with Crippen LogP contribution in [0.5, 0.6) is 11.5 Å². The molecule has 1 saturated heterocycles. The van der Waals surface area contributed by atoms with Gasteiger partial charge in [0.25, 0.3) is 0 Å². The maximum absolute atomic E-state index is 12.9. The van der Waals surface area contributed by atoms with E-state index in [9.17, 15) is 9.59 Å². The summed E-state index contributed by atoms with van der Waals surface area (Å²) in [5.74, 6) is 0.533. The third-order valence-electron chi connectivity index (χ3n) is 5.40. The number of carbonyl (C=O) groups is 2. The van der Waals surface area contributed by atoms with Crippen molar-refractivity contribution in [3.8, 4) is 11.5 Å². The number of nitrogens with zero attached hydrogens (tertiary/aromatic N) is 1. The van der Waals surface area contributed by atoms with Crippen LogP contribution in [0.15, 0.2) is 36.4 Å². The molecule has 1 heterocycles. The fourth-order valence-corrected chi connectivity index (χ4v) is 3.81. The van der Waals surface area contributed by atoms with Crippen molar-refractivity contribution in [2.75, 3.05) is 31.0 Å². The molecule has 1 aliphatic rings. The molecule has 0 bridgehead atoms. The molecule has 1 unspecified atom stereocenters. The summed E-state index contributed by atoms with van der Waals surface area (Å²) in [6.07, 6.45) is 1.87. The number of hydrogen-bond donors (Lipinski definition) is 1. The molecule has 0 radical (unpaired) electrons. The minimum Gasteiger partial charge on any atom is -0.497 e. The number of rotatable bonds is 7. The lowest BCUT2D eigenvalue weighted by atomic mass is 10.0. The standard InChI is InChI=1S/C23H28N2O4/c1-5-15-8-7-9-16(6-2)22(15)25-14-17(12-21(25)26)23(27)24-19-13-18(28-3)10-11-20(19)29-4/h7-11,13,17H,5-6,12,14H2,1-4H3,(H,24,27). The Hall–Kier alpha value is -3.02. The fourth-order valence-electron chi connectivity index (χ4n) is 3.81. The van der Waals surface area contributed by atoms with Crippen LogP contribution < -0.4 is 19.7 Å². The van der Waals surface area contributed by atoms with Crippen LogP contribution in [0.25, 0.3) is 0 Å². The van der Waals surface area contributed by atoms with Crippen LogP contribution in [0.2, 0.25) is 0 Å². The van der Waals surface area contributed by atoms with E-state index in [-0.39, 0.29) is 18.2 Å². The zero-order valence-electron chi connectivity index (χ0n) is 17.5. The van der Waals surface area contributed by atoms with Gasteiger partial charge in [-0.1, -0.05) is 32.0 Å². The molecule has 0 spiro atoms. The summed E-state index contributed by atoms with van der Waals surface area (Å²) in [5, 5.41) is 2.91. The number of carbonyl (C=O) groups excluding carboxylic acids is 2. The van der Waals surface area contributed by atoms with E-state index in [0.717, 1.165) is 29.7 Å². The first-order valence-electron chi connectivity index (χ1n) is 9.96. The number of anilines is 2. The SMILES string of the molecule is CCc1cccc(CC)c1N1CC(C(=O)Nc2cc(OC)ccc2OC)CC1=O. The Kier molecular flexibility index (Phi) is 6.42. The Balaban J connectivity index is 1.82. The van der Waals surface area contributed by atoms with Crippen LogP contribution >= 0.6 is 0 Å². The lowest BCUT2D eigenvalue weighted by molar-refractivity contribution is -0.122. The van der Waals surface area contributed by atoms with Crippen LogP contribution in [0.3, 0.4) is 0 Å². The van der Waals surface area contributed by atoms with Crippen molar-refractivity contribution in [1.29, 1.82) is 0 Å². The zero-order valence-corrected chi connectivity index (χ0v) is 17.5. The number of benzene rings is 2. The van der Waals surface area contributed by atoms with Gasteiger partial charge in [0.2, 0.25) is 11.8 Å². The molecule has 2 aromatic rings. The third kappa shape index (κ3) is 4.21. The van der Waals surface area contributed by atoms with Crippen molar-refractivity contribution < 1.29 is 19.1 Å². The maximum atomic E-state index is 12.9. The highest BCUT2D eigenvalue weighted by Crippen LogP contribution is 2.34. The summed E-state index contributed by atoms with van der Waals surface area (Å²) >= 11 is 0. The van der Waals surface area contributed by atoms with Crippen LogP contribution in [0.1, 0.15) is 31.4 Å². The Bertz CT molecular complexity index is 887. The van der Waals surface area contributed by atoms with E-state index >= 15 is 0 Å². The average Bonchev–Trinajstić information content (AvgIpc) is 3.14. The van der Waals surface area contributed by atoms with Gasteiger partial charge in [-0.2, -0.15) is 0 Å². The van der Waals surface area contributed by atoms with Gasteiger partial charge in [-0.05, 0) is 36.1 Å². The highest BCUT2D eigenvalue weighted by molar-refractivity contribution is 6.04. The predicted molar refractivity (Wildman–Crippen MR) is 114 cm³/mol. The molecule has 0 aliphatic carbocycles. The molecule has 1 atom stereocenters. The van der Waals surface area contributed by atoms with Gasteiger partial charge in [0.15, 0.2) is 0 Å². The van der Waals surface area contributed by atoms with Gasteiger partial charge in [0, 0.05) is 24.7 Å². The zero-order chi connectivity index (χ0) is 21.0. The summed E-state index contributed by atoms with van der Waals surface area (Å²) in [4.78, 5) is 27.5. The van der Waals surface area contributed by atoms with Crippen molar-refractivity contribution in [2.24, 2.45) is 5.92 Å². The number of ether oxygens (including phenoxy) is 2. The van der Waals surface area contributed by atoms with Crippen molar-refractivity contribution in [3.63, 3.8) is 0 Å². The van der Waals surface area contributed by atoms with Crippen molar-refractivity contribution >= 4 is 23.2 Å². The quantitative estimate of drug-likeness (QED) is 0.773. The minimum absolute atomic E-state index is 0.0154. The first-order chi connectivity index (χ1) is 14.0. The first-order valence-corrected chi connectivity index (χ1v) is 9.96. The summed E-state index contributed by atoms with van der Waals surface area (Å²) < 4.78 is 10.6. The molecular weight excluding hydrogens is 368 g/mol. The molecule has 0 saturated carbocycles. The summed E-state index contributed by atoms with van der Waals surface area (Å²) in [7, 11) is 3.11. The normalized spacial score (nSPS) is 16.1. The molecule has 1 aliphatic heterocycles. The predicted octanol–water partition coefficient (Wildman–Crippen LogP) is 3.82. The molecule has 2 amide bonds. The number of nitrogens with one attached hydrogen (secondary N) is 1. The third-order valence-corrected chi connectivity index (χ3v) is 5.40. The summed E-state index contributed by atoms with van der Waals surface area (Å²) in [6, 6.07) is 11.4. The molecule has 0 aromatic heterocycles. The van der Waals surface area contributed by atoms with Crippen molar-refractivity contribution in [3.05, 3.63) is 47.5 Å². The van der Waals surface area contributed by atoms with Gasteiger partial charge in [-0.25, -0.2) is 0 Å². The van der Waals surface area contributed by atoms with E-state index < -0.39 is 5.92 Å². The molecule has 2 aromatic carbocycles. The van der Waals surface area contributed by atoms with Gasteiger partial charge in [0.1, 0.15) is 11.5 Å². The number of aryl methyl sites for hydroxylation is 2. The largest absolute Gasteiger partial charge is 0.497 e. The summed E-state index contributed by atoms with van der Waals surface area (Å²) in [6.45, 7) is 4.54. The van der Waals surface area contributed by atoms with Crippen LogP contribution in [0, 0.1) is 5.92 Å². The van der Waals surface area contributed by atoms with Crippen LogP contribution in [0.4, 0.5) is 11.4 Å². The number of hydrogen-bond acceptors (Lipinski definition) is 4. The van der Waals surface area contributed by atoms with E-state index in [1.165, 1.54) is 0 Å². The number of methoxy groups -OCH3 is 2. The van der Waals surface area contributed by atoms with Gasteiger partial charge in [-0.15, -0.1) is 0 Å². The van der Waals surface area contributed by atoms with Crippen LogP contribution in [-0.2, 0) is 22.4 Å². The number of para-hydroxylation sites is 1. The molecular formula is C23H28N2O4. The second-order valence-corrected chi connectivity index (χ2v) is 7.09. The molecule has 6 nitrogen and oxygen atoms in total. The van der Waals surface area contributed by atoms with E-state index in [1.807, 2.05) is 6.07 Å². The monoisotopic (exact) mass is 396 g/mol.